The summed E-state index contributed by atoms with van der Waals surface area (Å²) in [5.41, 5.74) is 5.59. The first-order valence-corrected chi connectivity index (χ1v) is 3.02. The van der Waals surface area contributed by atoms with Gasteiger partial charge in [-0.25, -0.2) is 0 Å². The lowest BCUT2D eigenvalue weighted by molar-refractivity contribution is 0.663. The van der Waals surface area contributed by atoms with Gasteiger partial charge in [-0.15, -0.1) is 0 Å². The van der Waals surface area contributed by atoms with Gasteiger partial charge in [0.15, 0.2) is 0 Å². The molecule has 0 saturated carbocycles. The summed E-state index contributed by atoms with van der Waals surface area (Å²) in [5.74, 6) is 0. The van der Waals surface area contributed by atoms with Gasteiger partial charge in [0.2, 0.25) is 0 Å². The van der Waals surface area contributed by atoms with Crippen LogP contribution in [0.25, 0.3) is 0 Å². The molecule has 0 bridgehead atoms. The number of rotatable bonds is 0. The summed E-state index contributed by atoms with van der Waals surface area (Å²) in [6.07, 6.45) is 5.30. The van der Waals surface area contributed by atoms with Crippen LogP contribution < -0.4 is 11.1 Å². The van der Waals surface area contributed by atoms with Gasteiger partial charge in [0.1, 0.15) is 0 Å². The zero-order valence-electron chi connectivity index (χ0n) is 4.93. The molecule has 3 N–H and O–H groups in total. The fraction of sp³-hybridized carbons (Fsp3) is 0.667. The zero-order valence-corrected chi connectivity index (χ0v) is 4.93. The summed E-state index contributed by atoms with van der Waals surface area (Å²) in [4.78, 5) is 0. The largest absolute Gasteiger partial charge is 0.323 e. The second-order valence-corrected chi connectivity index (χ2v) is 2.08. The van der Waals surface area contributed by atoms with Gasteiger partial charge in [-0.3, -0.25) is 0 Å². The van der Waals surface area contributed by atoms with Crippen LogP contribution in [0.2, 0.25) is 0 Å². The molecule has 1 rings (SSSR count). The first-order chi connectivity index (χ1) is 3.89. The van der Waals surface area contributed by atoms with E-state index < -0.39 is 0 Å². The summed E-state index contributed by atoms with van der Waals surface area (Å²) in [5, 5.41) is 3.21. The van der Waals surface area contributed by atoms with E-state index in [0.29, 0.717) is 0 Å². The maximum atomic E-state index is 5.59. The van der Waals surface area contributed by atoms with Gasteiger partial charge in [-0.1, -0.05) is 12.2 Å². The topological polar surface area (TPSA) is 38.0 Å². The number of nitrogens with one attached hydrogen (secondary N) is 1. The van der Waals surface area contributed by atoms with Gasteiger partial charge in [-0.2, -0.15) is 0 Å². The highest BCUT2D eigenvalue weighted by Crippen LogP contribution is 1.89. The van der Waals surface area contributed by atoms with E-state index in [2.05, 4.69) is 17.5 Å². The minimum atomic E-state index is 0.234. The molecule has 0 spiro atoms. The Bertz CT molecular complexity index is 88.5. The van der Waals surface area contributed by atoms with Crippen LogP contribution in [0.4, 0.5) is 0 Å². The van der Waals surface area contributed by atoms with Crippen LogP contribution in [0.15, 0.2) is 12.2 Å². The van der Waals surface area contributed by atoms with Crippen LogP contribution in [0.3, 0.4) is 0 Å². The Kier molecular flexibility index (Phi) is 2.06. The molecular formula is C6H12N2. The zero-order chi connectivity index (χ0) is 5.82. The molecule has 0 aliphatic carbocycles. The average Bonchev–Trinajstić information content (AvgIpc) is 1.94. The second-order valence-electron chi connectivity index (χ2n) is 2.08. The standard InChI is InChI=1S/C6H12N2/c7-6-3-1-2-4-8-5-6/h1,3,6,8H,2,4-5,7H2. The molecule has 46 valence electrons. The minimum Gasteiger partial charge on any atom is -0.323 e. The maximum Gasteiger partial charge on any atom is 0.0350 e. The predicted octanol–water partition coefficient (Wildman–Crippen LogP) is -0.137. The normalized spacial score (nSPS) is 29.9. The predicted molar refractivity (Wildman–Crippen MR) is 34.6 cm³/mol. The van der Waals surface area contributed by atoms with Crippen molar-refractivity contribution in [2.24, 2.45) is 5.73 Å². The summed E-state index contributed by atoms with van der Waals surface area (Å²) in [6.45, 7) is 2.00. The molecular weight excluding hydrogens is 100 g/mol. The third kappa shape index (κ3) is 1.64. The Hall–Kier alpha value is -0.340. The first kappa shape index (κ1) is 5.79. The van der Waals surface area contributed by atoms with E-state index in [1.165, 1.54) is 0 Å². The number of hydrogen-bond donors (Lipinski definition) is 2. The maximum absolute atomic E-state index is 5.59. The average molecular weight is 112 g/mol. The molecule has 0 fully saturated rings. The van der Waals surface area contributed by atoms with Crippen molar-refractivity contribution in [2.45, 2.75) is 12.5 Å². The van der Waals surface area contributed by atoms with Crippen molar-refractivity contribution in [3.05, 3.63) is 12.2 Å². The molecule has 2 nitrogen and oxygen atoms in total. The van der Waals surface area contributed by atoms with Crippen LogP contribution in [0, 0.1) is 0 Å². The van der Waals surface area contributed by atoms with E-state index in [1.54, 1.807) is 0 Å². The molecule has 0 saturated heterocycles. The number of hydrogen-bond acceptors (Lipinski definition) is 2. The van der Waals surface area contributed by atoms with Gasteiger partial charge in [0.05, 0.1) is 0 Å². The highest BCUT2D eigenvalue weighted by molar-refractivity contribution is 4.95. The fourth-order valence-corrected chi connectivity index (χ4v) is 0.793. The Morgan fingerprint density at radius 3 is 3.38 bits per heavy atom. The van der Waals surface area contributed by atoms with E-state index in [1.807, 2.05) is 0 Å². The van der Waals surface area contributed by atoms with Crippen molar-refractivity contribution in [2.75, 3.05) is 13.1 Å². The Balaban J connectivity index is 2.33. The van der Waals surface area contributed by atoms with Crippen LogP contribution in [-0.2, 0) is 0 Å². The number of nitrogens with two attached hydrogens (primary N) is 1. The summed E-state index contributed by atoms with van der Waals surface area (Å²) in [6, 6.07) is 0.234. The van der Waals surface area contributed by atoms with Gasteiger partial charge < -0.3 is 11.1 Å². The molecule has 1 atom stereocenters. The van der Waals surface area contributed by atoms with Gasteiger partial charge in [0, 0.05) is 12.6 Å². The molecule has 1 aliphatic rings. The lowest BCUT2D eigenvalue weighted by atomic mass is 10.3. The first-order valence-electron chi connectivity index (χ1n) is 3.02. The molecule has 1 unspecified atom stereocenters. The van der Waals surface area contributed by atoms with E-state index in [9.17, 15) is 0 Å². The molecule has 0 aromatic carbocycles. The third-order valence-electron chi connectivity index (χ3n) is 1.25. The van der Waals surface area contributed by atoms with E-state index in [-0.39, 0.29) is 6.04 Å². The molecule has 0 amide bonds. The molecule has 8 heavy (non-hydrogen) atoms. The SMILES string of the molecule is NC1C=CCCNC1. The van der Waals surface area contributed by atoms with Crippen molar-refractivity contribution in [3.8, 4) is 0 Å². The van der Waals surface area contributed by atoms with Gasteiger partial charge >= 0.3 is 0 Å². The van der Waals surface area contributed by atoms with Crippen LogP contribution in [-0.4, -0.2) is 19.1 Å². The van der Waals surface area contributed by atoms with Crippen LogP contribution >= 0.6 is 0 Å². The quantitative estimate of drug-likeness (QED) is 0.428. The van der Waals surface area contributed by atoms with Gasteiger partial charge in [-0.05, 0) is 13.0 Å². The van der Waals surface area contributed by atoms with Crippen molar-refractivity contribution in [1.82, 2.24) is 5.32 Å². The van der Waals surface area contributed by atoms with E-state index >= 15 is 0 Å². The van der Waals surface area contributed by atoms with Crippen molar-refractivity contribution < 1.29 is 0 Å². The van der Waals surface area contributed by atoms with Crippen molar-refractivity contribution in [1.29, 1.82) is 0 Å². The van der Waals surface area contributed by atoms with Crippen molar-refractivity contribution >= 4 is 0 Å². The Labute approximate surface area is 49.8 Å². The molecule has 1 aliphatic heterocycles. The van der Waals surface area contributed by atoms with E-state index in [0.717, 1.165) is 19.5 Å². The second kappa shape index (κ2) is 2.84. The smallest absolute Gasteiger partial charge is 0.0350 e. The molecule has 0 radical (unpaired) electrons. The van der Waals surface area contributed by atoms with E-state index in [4.69, 9.17) is 5.73 Å². The highest BCUT2D eigenvalue weighted by atomic mass is 14.9. The monoisotopic (exact) mass is 112 g/mol. The Morgan fingerprint density at radius 1 is 1.62 bits per heavy atom. The molecule has 0 aromatic rings. The summed E-state index contributed by atoms with van der Waals surface area (Å²) < 4.78 is 0. The van der Waals surface area contributed by atoms with Gasteiger partial charge in [0.25, 0.3) is 0 Å². The fourth-order valence-electron chi connectivity index (χ4n) is 0.793. The third-order valence-corrected chi connectivity index (χ3v) is 1.25. The molecule has 2 heteroatoms. The molecule has 1 heterocycles. The molecule has 0 aromatic heterocycles. The summed E-state index contributed by atoms with van der Waals surface area (Å²) in [7, 11) is 0. The lowest BCUT2D eigenvalue weighted by Crippen LogP contribution is -2.30. The Morgan fingerprint density at radius 2 is 2.50 bits per heavy atom. The highest BCUT2D eigenvalue weighted by Gasteiger charge is 1.97. The minimum absolute atomic E-state index is 0.234. The van der Waals surface area contributed by atoms with Crippen molar-refractivity contribution in [3.63, 3.8) is 0 Å². The van der Waals surface area contributed by atoms with Crippen LogP contribution in [0.1, 0.15) is 6.42 Å². The lowest BCUT2D eigenvalue weighted by Gasteiger charge is -2.01. The summed E-state index contributed by atoms with van der Waals surface area (Å²) >= 11 is 0. The van der Waals surface area contributed by atoms with Crippen LogP contribution in [0.5, 0.6) is 0 Å².